The van der Waals surface area contributed by atoms with Crippen molar-refractivity contribution in [2.45, 2.75) is 33.0 Å². The Kier molecular flexibility index (Phi) is 5.97. The summed E-state index contributed by atoms with van der Waals surface area (Å²) in [5.41, 5.74) is 1.56. The highest BCUT2D eigenvalue weighted by Crippen LogP contribution is 2.36. The highest BCUT2D eigenvalue weighted by atomic mass is 35.5. The van der Waals surface area contributed by atoms with E-state index in [1.54, 1.807) is 6.21 Å². The topological polar surface area (TPSA) is 51.0 Å². The van der Waals surface area contributed by atoms with Crippen LogP contribution < -0.4 is 4.74 Å². The van der Waals surface area contributed by atoms with Crippen LogP contribution in [0.25, 0.3) is 0 Å². The van der Waals surface area contributed by atoms with E-state index in [-0.39, 0.29) is 21.4 Å². The maximum atomic E-state index is 9.41. The maximum Gasteiger partial charge on any atom is 0.157 e. The minimum atomic E-state index is -0.313. The van der Waals surface area contributed by atoms with Crippen molar-refractivity contribution in [2.75, 3.05) is 0 Å². The van der Waals surface area contributed by atoms with Crippen molar-refractivity contribution in [1.82, 2.24) is 0 Å². The summed E-state index contributed by atoms with van der Waals surface area (Å²) in [4.78, 5) is 5.30. The number of hydrogen-bond acceptors (Lipinski definition) is 4. The molecule has 0 spiro atoms. The number of ether oxygens (including phenoxy) is 1. The molecule has 0 radical (unpaired) electrons. The summed E-state index contributed by atoms with van der Waals surface area (Å²) < 4.78 is 5.64. The fourth-order valence-corrected chi connectivity index (χ4v) is 2.37. The van der Waals surface area contributed by atoms with Gasteiger partial charge in [0.2, 0.25) is 0 Å². The van der Waals surface area contributed by atoms with Gasteiger partial charge in [0.15, 0.2) is 5.75 Å². The molecule has 128 valence electrons. The Hall–Kier alpha value is -1.91. The first-order valence-corrected chi connectivity index (χ1v) is 8.11. The van der Waals surface area contributed by atoms with E-state index in [9.17, 15) is 5.11 Å². The van der Waals surface area contributed by atoms with Gasteiger partial charge in [-0.15, -0.1) is 0 Å². The molecule has 0 unspecified atom stereocenters. The summed E-state index contributed by atoms with van der Waals surface area (Å²) in [5.74, 6) is 0.346. The number of phenols is 1. The molecule has 0 atom stereocenters. The van der Waals surface area contributed by atoms with Gasteiger partial charge >= 0.3 is 0 Å². The van der Waals surface area contributed by atoms with Gasteiger partial charge in [-0.2, -0.15) is 0 Å². The molecule has 6 heteroatoms. The Balaban J connectivity index is 1.98. The van der Waals surface area contributed by atoms with Crippen molar-refractivity contribution >= 4 is 29.4 Å². The number of hydrogen-bond donors (Lipinski definition) is 1. The van der Waals surface area contributed by atoms with Crippen LogP contribution in [-0.2, 0) is 11.4 Å². The minimum Gasteiger partial charge on any atom is -0.508 e. The number of rotatable bonds is 5. The van der Waals surface area contributed by atoms with E-state index in [0.29, 0.717) is 12.4 Å². The molecule has 0 saturated heterocycles. The van der Waals surface area contributed by atoms with Crippen molar-refractivity contribution < 1.29 is 14.7 Å². The summed E-state index contributed by atoms with van der Waals surface area (Å²) in [6.45, 7) is 6.11. The quantitative estimate of drug-likeness (QED) is 0.566. The van der Waals surface area contributed by atoms with Crippen molar-refractivity contribution in [3.63, 3.8) is 0 Å². The lowest BCUT2D eigenvalue weighted by molar-refractivity contribution is 0.00199. The SMILES string of the molecule is CC(C)(C)O/N=C/c1ccc(COc2c(Cl)cc(O)cc2Cl)cc1. The predicted molar refractivity (Wildman–Crippen MR) is 97.3 cm³/mol. The number of oxime groups is 1. The molecule has 0 aliphatic heterocycles. The maximum absolute atomic E-state index is 9.41. The zero-order valence-corrected chi connectivity index (χ0v) is 15.2. The molecule has 0 aromatic heterocycles. The highest BCUT2D eigenvalue weighted by Gasteiger charge is 2.10. The summed E-state index contributed by atoms with van der Waals surface area (Å²) in [6, 6.07) is 10.4. The molecule has 0 aliphatic rings. The van der Waals surface area contributed by atoms with Crippen LogP contribution in [0, 0.1) is 0 Å². The van der Waals surface area contributed by atoms with Crippen molar-refractivity contribution in [1.29, 1.82) is 0 Å². The van der Waals surface area contributed by atoms with Crippen LogP contribution >= 0.6 is 23.2 Å². The molecule has 24 heavy (non-hydrogen) atoms. The third-order valence-electron chi connectivity index (χ3n) is 2.87. The molecular formula is C18H19Cl2NO3. The van der Waals surface area contributed by atoms with E-state index in [2.05, 4.69) is 5.16 Å². The second-order valence-corrected chi connectivity index (χ2v) is 7.02. The van der Waals surface area contributed by atoms with Gasteiger partial charge in [0.25, 0.3) is 0 Å². The largest absolute Gasteiger partial charge is 0.508 e. The van der Waals surface area contributed by atoms with Crippen LogP contribution in [0.15, 0.2) is 41.6 Å². The molecule has 0 bridgehead atoms. The molecule has 4 nitrogen and oxygen atoms in total. The lowest BCUT2D eigenvalue weighted by Gasteiger charge is -2.14. The molecular weight excluding hydrogens is 349 g/mol. The van der Waals surface area contributed by atoms with Crippen molar-refractivity contribution in [3.8, 4) is 11.5 Å². The predicted octanol–water partition coefficient (Wildman–Crippen LogP) is 5.43. The summed E-state index contributed by atoms with van der Waals surface area (Å²) >= 11 is 12.0. The molecule has 0 heterocycles. The third kappa shape index (κ3) is 5.62. The van der Waals surface area contributed by atoms with Crippen LogP contribution in [-0.4, -0.2) is 16.9 Å². The molecule has 0 amide bonds. The van der Waals surface area contributed by atoms with Gasteiger partial charge in [0, 0.05) is 12.1 Å². The average Bonchev–Trinajstić information content (AvgIpc) is 2.46. The molecule has 2 aromatic carbocycles. The Morgan fingerprint density at radius 2 is 1.67 bits per heavy atom. The summed E-state index contributed by atoms with van der Waals surface area (Å²) in [5, 5.41) is 13.9. The van der Waals surface area contributed by atoms with Crippen molar-refractivity contribution in [3.05, 3.63) is 57.6 Å². The number of nitrogens with zero attached hydrogens (tertiary/aromatic N) is 1. The third-order valence-corrected chi connectivity index (χ3v) is 3.44. The van der Waals surface area contributed by atoms with Crippen LogP contribution in [0.4, 0.5) is 0 Å². The van der Waals surface area contributed by atoms with Gasteiger partial charge in [-0.25, -0.2) is 0 Å². The Morgan fingerprint density at radius 3 is 2.21 bits per heavy atom. The fourth-order valence-electron chi connectivity index (χ4n) is 1.79. The highest BCUT2D eigenvalue weighted by molar-refractivity contribution is 6.37. The number of aromatic hydroxyl groups is 1. The van der Waals surface area contributed by atoms with Gasteiger partial charge in [0.05, 0.1) is 16.3 Å². The van der Waals surface area contributed by atoms with E-state index in [1.165, 1.54) is 12.1 Å². The van der Waals surface area contributed by atoms with Crippen LogP contribution in [0.1, 0.15) is 31.9 Å². The van der Waals surface area contributed by atoms with Gasteiger partial charge < -0.3 is 14.7 Å². The van der Waals surface area contributed by atoms with E-state index in [1.807, 2.05) is 45.0 Å². The lowest BCUT2D eigenvalue weighted by atomic mass is 10.1. The van der Waals surface area contributed by atoms with E-state index < -0.39 is 0 Å². The summed E-state index contributed by atoms with van der Waals surface area (Å²) in [6.07, 6.45) is 1.66. The molecule has 0 saturated carbocycles. The first-order valence-electron chi connectivity index (χ1n) is 7.36. The Bertz CT molecular complexity index is 699. The Labute approximate surface area is 151 Å². The Morgan fingerprint density at radius 1 is 1.08 bits per heavy atom. The first-order chi connectivity index (χ1) is 11.2. The van der Waals surface area contributed by atoms with Crippen LogP contribution in [0.5, 0.6) is 11.5 Å². The molecule has 1 N–H and O–H groups in total. The standard InChI is InChI=1S/C18H19Cl2NO3/c1-18(2,3)24-21-10-12-4-6-13(7-5-12)11-23-17-15(19)8-14(22)9-16(17)20/h4-10,22H,11H2,1-3H3/b21-10+. The normalized spacial score (nSPS) is 11.7. The van der Waals surface area contributed by atoms with Crippen molar-refractivity contribution in [2.24, 2.45) is 5.16 Å². The van der Waals surface area contributed by atoms with E-state index in [4.69, 9.17) is 32.8 Å². The summed E-state index contributed by atoms with van der Waals surface area (Å²) in [7, 11) is 0. The number of halogens is 2. The number of benzene rings is 2. The van der Waals surface area contributed by atoms with Crippen LogP contribution in [0.2, 0.25) is 10.0 Å². The lowest BCUT2D eigenvalue weighted by Crippen LogP contribution is -2.15. The average molecular weight is 368 g/mol. The molecule has 0 aliphatic carbocycles. The molecule has 2 rings (SSSR count). The second kappa shape index (κ2) is 7.77. The monoisotopic (exact) mass is 367 g/mol. The first kappa shape index (κ1) is 18.4. The van der Waals surface area contributed by atoms with Gasteiger partial charge in [0.1, 0.15) is 18.0 Å². The van der Waals surface area contributed by atoms with Gasteiger partial charge in [-0.3, -0.25) is 0 Å². The molecule has 0 fully saturated rings. The van der Waals surface area contributed by atoms with E-state index in [0.717, 1.165) is 11.1 Å². The van der Waals surface area contributed by atoms with Crippen LogP contribution in [0.3, 0.4) is 0 Å². The zero-order valence-electron chi connectivity index (χ0n) is 13.7. The van der Waals surface area contributed by atoms with E-state index >= 15 is 0 Å². The van der Waals surface area contributed by atoms with Gasteiger partial charge in [-0.05, 0) is 31.9 Å². The second-order valence-electron chi connectivity index (χ2n) is 6.21. The zero-order chi connectivity index (χ0) is 17.7. The van der Waals surface area contributed by atoms with Gasteiger partial charge in [-0.1, -0.05) is 52.6 Å². The number of phenolic OH excluding ortho intramolecular Hbond substituents is 1. The molecule has 2 aromatic rings. The fraction of sp³-hybridized carbons (Fsp3) is 0.278. The smallest absolute Gasteiger partial charge is 0.157 e. The minimum absolute atomic E-state index is 0.00142.